The molecule has 1 fully saturated rings. The zero-order valence-electron chi connectivity index (χ0n) is 11.4. The average Bonchev–Trinajstić information content (AvgIpc) is 2.47. The molecule has 1 unspecified atom stereocenters. The van der Waals surface area contributed by atoms with E-state index in [1.54, 1.807) is 17.0 Å². The van der Waals surface area contributed by atoms with Crippen LogP contribution in [0.5, 0.6) is 0 Å². The number of hydrogen-bond donors (Lipinski definition) is 2. The highest BCUT2D eigenvalue weighted by atomic mass is 19.1. The van der Waals surface area contributed by atoms with Crippen molar-refractivity contribution in [2.45, 2.75) is 12.6 Å². The van der Waals surface area contributed by atoms with Gasteiger partial charge in [-0.15, -0.1) is 0 Å². The summed E-state index contributed by atoms with van der Waals surface area (Å²) >= 11 is 0. The van der Waals surface area contributed by atoms with E-state index in [0.717, 1.165) is 5.56 Å². The summed E-state index contributed by atoms with van der Waals surface area (Å²) < 4.78 is 17.9. The average molecular weight is 296 g/mol. The Kier molecular flexibility index (Phi) is 5.24. The first-order chi connectivity index (χ1) is 10.1. The second-order valence-electron chi connectivity index (χ2n) is 4.80. The molecule has 2 N–H and O–H groups in total. The van der Waals surface area contributed by atoms with Gasteiger partial charge in [-0.1, -0.05) is 12.1 Å². The summed E-state index contributed by atoms with van der Waals surface area (Å²) in [5.41, 5.74) is 0.779. The smallest absolute Gasteiger partial charge is 0.323 e. The van der Waals surface area contributed by atoms with Gasteiger partial charge < -0.3 is 15.2 Å². The quantitative estimate of drug-likeness (QED) is 0.813. The normalized spacial score (nSPS) is 19.2. The number of carboxylic acids is 1. The fraction of sp³-hybridized carbons (Fsp3) is 0.429. The maximum absolute atomic E-state index is 12.8. The van der Waals surface area contributed by atoms with Gasteiger partial charge >= 0.3 is 5.97 Å². The Bertz CT molecular complexity index is 506. The molecule has 1 heterocycles. The standard InChI is InChI=1S/C14H17FN2O4/c15-11-3-1-10(2-4-11)7-16-13(18)8-17-5-6-21-9-12(17)14(19)20/h1-4,12H,5-9H2,(H,16,18)(H,19,20). The molecule has 1 aromatic rings. The van der Waals surface area contributed by atoms with Crippen LogP contribution in [0, 0.1) is 5.82 Å². The molecule has 1 amide bonds. The molecule has 21 heavy (non-hydrogen) atoms. The number of aliphatic carboxylic acids is 1. The number of ether oxygens (including phenoxy) is 1. The molecule has 0 bridgehead atoms. The van der Waals surface area contributed by atoms with Crippen LogP contribution in [0.1, 0.15) is 5.56 Å². The molecule has 0 spiro atoms. The summed E-state index contributed by atoms with van der Waals surface area (Å²) in [6.45, 7) is 1.18. The first-order valence-corrected chi connectivity index (χ1v) is 6.62. The minimum atomic E-state index is -0.999. The van der Waals surface area contributed by atoms with Gasteiger partial charge in [-0.25, -0.2) is 4.39 Å². The zero-order chi connectivity index (χ0) is 15.2. The summed E-state index contributed by atoms with van der Waals surface area (Å²) in [4.78, 5) is 24.5. The van der Waals surface area contributed by atoms with Gasteiger partial charge in [0, 0.05) is 13.1 Å². The van der Waals surface area contributed by atoms with Crippen LogP contribution in [0.25, 0.3) is 0 Å². The summed E-state index contributed by atoms with van der Waals surface area (Å²) in [5, 5.41) is 11.8. The fourth-order valence-electron chi connectivity index (χ4n) is 2.10. The van der Waals surface area contributed by atoms with Crippen molar-refractivity contribution in [1.82, 2.24) is 10.2 Å². The SMILES string of the molecule is O=C(CN1CCOCC1C(=O)O)NCc1ccc(F)cc1. The third-order valence-corrected chi connectivity index (χ3v) is 3.27. The zero-order valence-corrected chi connectivity index (χ0v) is 11.4. The monoisotopic (exact) mass is 296 g/mol. The number of rotatable bonds is 5. The number of nitrogens with zero attached hydrogens (tertiary/aromatic N) is 1. The molecule has 7 heteroatoms. The lowest BCUT2D eigenvalue weighted by Crippen LogP contribution is -2.53. The van der Waals surface area contributed by atoms with Crippen molar-refractivity contribution in [3.63, 3.8) is 0 Å². The summed E-state index contributed by atoms with van der Waals surface area (Å²) in [7, 11) is 0. The number of carboxylic acid groups (broad SMARTS) is 1. The predicted molar refractivity (Wildman–Crippen MR) is 72.1 cm³/mol. The second kappa shape index (κ2) is 7.14. The van der Waals surface area contributed by atoms with Gasteiger partial charge in [0.2, 0.25) is 5.91 Å². The highest BCUT2D eigenvalue weighted by molar-refractivity contribution is 5.80. The van der Waals surface area contributed by atoms with E-state index in [0.29, 0.717) is 13.2 Å². The molecule has 1 saturated heterocycles. The molecule has 1 aliphatic heterocycles. The van der Waals surface area contributed by atoms with Crippen LogP contribution >= 0.6 is 0 Å². The molecular weight excluding hydrogens is 279 g/mol. The highest BCUT2D eigenvalue weighted by Crippen LogP contribution is 2.07. The Morgan fingerprint density at radius 2 is 2.10 bits per heavy atom. The van der Waals surface area contributed by atoms with Crippen LogP contribution in [0.2, 0.25) is 0 Å². The van der Waals surface area contributed by atoms with Crippen LogP contribution in [-0.2, 0) is 20.9 Å². The molecule has 0 saturated carbocycles. The Balaban J connectivity index is 1.83. The fourth-order valence-corrected chi connectivity index (χ4v) is 2.10. The van der Waals surface area contributed by atoms with Crippen molar-refractivity contribution in [2.75, 3.05) is 26.3 Å². The maximum Gasteiger partial charge on any atom is 0.323 e. The Hall–Kier alpha value is -1.99. The van der Waals surface area contributed by atoms with Crippen LogP contribution < -0.4 is 5.32 Å². The first-order valence-electron chi connectivity index (χ1n) is 6.62. The molecule has 114 valence electrons. The van der Waals surface area contributed by atoms with Crippen molar-refractivity contribution in [1.29, 1.82) is 0 Å². The molecule has 1 atom stereocenters. The van der Waals surface area contributed by atoms with E-state index in [4.69, 9.17) is 9.84 Å². The summed E-state index contributed by atoms with van der Waals surface area (Å²) in [5.74, 6) is -1.60. The van der Waals surface area contributed by atoms with Crippen molar-refractivity contribution in [3.05, 3.63) is 35.6 Å². The van der Waals surface area contributed by atoms with Gasteiger partial charge in [-0.3, -0.25) is 14.5 Å². The second-order valence-corrected chi connectivity index (χ2v) is 4.80. The van der Waals surface area contributed by atoms with Gasteiger partial charge in [0.25, 0.3) is 0 Å². The topological polar surface area (TPSA) is 78.9 Å². The molecule has 6 nitrogen and oxygen atoms in total. The highest BCUT2D eigenvalue weighted by Gasteiger charge is 2.30. The lowest BCUT2D eigenvalue weighted by Gasteiger charge is -2.32. The van der Waals surface area contributed by atoms with Gasteiger partial charge in [0.1, 0.15) is 11.9 Å². The Morgan fingerprint density at radius 3 is 2.76 bits per heavy atom. The van der Waals surface area contributed by atoms with Crippen molar-refractivity contribution in [3.8, 4) is 0 Å². The largest absolute Gasteiger partial charge is 0.480 e. The predicted octanol–water partition coefficient (Wildman–Crippen LogP) is 0.227. The van der Waals surface area contributed by atoms with E-state index in [9.17, 15) is 14.0 Å². The van der Waals surface area contributed by atoms with Crippen molar-refractivity contribution in [2.24, 2.45) is 0 Å². The summed E-state index contributed by atoms with van der Waals surface area (Å²) in [6, 6.07) is 5.03. The minimum Gasteiger partial charge on any atom is -0.480 e. The minimum absolute atomic E-state index is 0.00151. The van der Waals surface area contributed by atoms with E-state index in [-0.39, 0.29) is 31.4 Å². The van der Waals surface area contributed by atoms with Crippen LogP contribution in [0.15, 0.2) is 24.3 Å². The van der Waals surface area contributed by atoms with Gasteiger partial charge in [-0.2, -0.15) is 0 Å². The number of carbonyl (C=O) groups excluding carboxylic acids is 1. The van der Waals surface area contributed by atoms with E-state index >= 15 is 0 Å². The number of nitrogens with one attached hydrogen (secondary N) is 1. The number of carbonyl (C=O) groups is 2. The first kappa shape index (κ1) is 15.4. The van der Waals surface area contributed by atoms with Gasteiger partial charge in [-0.05, 0) is 17.7 Å². The van der Waals surface area contributed by atoms with Crippen molar-refractivity contribution >= 4 is 11.9 Å². The van der Waals surface area contributed by atoms with Gasteiger partial charge in [0.15, 0.2) is 0 Å². The molecule has 2 rings (SSSR count). The van der Waals surface area contributed by atoms with Crippen LogP contribution in [0.3, 0.4) is 0 Å². The van der Waals surface area contributed by atoms with Crippen molar-refractivity contribution < 1.29 is 23.8 Å². The van der Waals surface area contributed by atoms with E-state index in [1.807, 2.05) is 0 Å². The molecule has 0 aromatic heterocycles. The molecular formula is C14H17FN2O4. The number of halogens is 1. The Labute approximate surface area is 121 Å². The number of amides is 1. The van der Waals surface area contributed by atoms with Crippen LogP contribution in [0.4, 0.5) is 4.39 Å². The maximum atomic E-state index is 12.8. The Morgan fingerprint density at radius 1 is 1.38 bits per heavy atom. The molecule has 0 aliphatic carbocycles. The van der Waals surface area contributed by atoms with Gasteiger partial charge in [0.05, 0.1) is 19.8 Å². The summed E-state index contributed by atoms with van der Waals surface area (Å²) in [6.07, 6.45) is 0. The van der Waals surface area contributed by atoms with E-state index in [2.05, 4.69) is 5.32 Å². The molecule has 1 aromatic carbocycles. The van der Waals surface area contributed by atoms with Crippen LogP contribution in [-0.4, -0.2) is 54.2 Å². The number of benzene rings is 1. The molecule has 1 aliphatic rings. The molecule has 0 radical (unpaired) electrons. The number of hydrogen-bond acceptors (Lipinski definition) is 4. The van der Waals surface area contributed by atoms with E-state index < -0.39 is 12.0 Å². The lowest BCUT2D eigenvalue weighted by atomic mass is 10.2. The number of morpholine rings is 1. The third kappa shape index (κ3) is 4.51. The lowest BCUT2D eigenvalue weighted by molar-refractivity contribution is -0.150. The van der Waals surface area contributed by atoms with E-state index in [1.165, 1.54) is 12.1 Å². The third-order valence-electron chi connectivity index (χ3n) is 3.27.